The lowest BCUT2D eigenvalue weighted by Gasteiger charge is -2.51. The molecule has 0 aromatic heterocycles. The molecule has 1 amide bonds. The number of aliphatic hydroxyl groups is 1. The number of hydrogen-bond donors (Lipinski definition) is 1. The lowest BCUT2D eigenvalue weighted by atomic mass is 9.90. The van der Waals surface area contributed by atoms with Gasteiger partial charge in [-0.2, -0.15) is 0 Å². The second kappa shape index (κ2) is 6.76. The van der Waals surface area contributed by atoms with E-state index in [-0.39, 0.29) is 0 Å². The quantitative estimate of drug-likeness (QED) is 0.924. The fourth-order valence-electron chi connectivity index (χ4n) is 2.85. The SMILES string of the molecule is CC(C)(C)OC(=O)N1C(Oc2ccccc2)C(O)C1c1ccccc1. The van der Waals surface area contributed by atoms with Gasteiger partial charge in [-0.25, -0.2) is 4.79 Å². The molecule has 1 saturated heterocycles. The maximum atomic E-state index is 12.7. The third-order valence-corrected chi connectivity index (χ3v) is 3.93. The molecule has 0 bridgehead atoms. The largest absolute Gasteiger partial charge is 0.467 e. The number of aliphatic hydroxyl groups excluding tert-OH is 1. The van der Waals surface area contributed by atoms with Gasteiger partial charge >= 0.3 is 6.09 Å². The van der Waals surface area contributed by atoms with Gasteiger partial charge < -0.3 is 14.6 Å². The van der Waals surface area contributed by atoms with Crippen LogP contribution in [0.2, 0.25) is 0 Å². The molecule has 1 fully saturated rings. The molecule has 0 radical (unpaired) electrons. The van der Waals surface area contributed by atoms with E-state index in [1.807, 2.05) is 69.3 Å². The number of amides is 1. The zero-order valence-corrected chi connectivity index (χ0v) is 14.6. The summed E-state index contributed by atoms with van der Waals surface area (Å²) in [5, 5.41) is 10.6. The Labute approximate surface area is 147 Å². The Balaban J connectivity index is 1.85. The maximum absolute atomic E-state index is 12.7. The summed E-state index contributed by atoms with van der Waals surface area (Å²) in [6.45, 7) is 5.43. The van der Waals surface area contributed by atoms with Crippen molar-refractivity contribution < 1.29 is 19.4 Å². The lowest BCUT2D eigenvalue weighted by molar-refractivity contribution is -0.189. The highest BCUT2D eigenvalue weighted by molar-refractivity contribution is 5.71. The van der Waals surface area contributed by atoms with Crippen molar-refractivity contribution in [1.82, 2.24) is 4.90 Å². The molecule has 1 heterocycles. The van der Waals surface area contributed by atoms with Gasteiger partial charge in [0, 0.05) is 0 Å². The molecule has 3 unspecified atom stereocenters. The molecule has 2 aromatic rings. The fourth-order valence-corrected chi connectivity index (χ4v) is 2.85. The maximum Gasteiger partial charge on any atom is 0.413 e. The molecule has 0 spiro atoms. The molecular weight excluding hydrogens is 318 g/mol. The Morgan fingerprint density at radius 2 is 1.56 bits per heavy atom. The predicted octanol–water partition coefficient (Wildman–Crippen LogP) is 3.74. The molecule has 0 saturated carbocycles. The standard InChI is InChI=1S/C20H23NO4/c1-20(2,3)25-19(23)21-16(14-10-6-4-7-11-14)17(22)18(21)24-15-12-8-5-9-13-15/h4-13,16-18,22H,1-3H3. The van der Waals surface area contributed by atoms with E-state index in [2.05, 4.69) is 0 Å². The van der Waals surface area contributed by atoms with Crippen LogP contribution in [0.5, 0.6) is 5.75 Å². The number of para-hydroxylation sites is 1. The van der Waals surface area contributed by atoms with Gasteiger partial charge in [0.15, 0.2) is 0 Å². The van der Waals surface area contributed by atoms with Crippen LogP contribution in [0, 0.1) is 0 Å². The summed E-state index contributed by atoms with van der Waals surface area (Å²) in [4.78, 5) is 14.1. The molecule has 1 aliphatic rings. The van der Waals surface area contributed by atoms with Crippen molar-refractivity contribution in [3.63, 3.8) is 0 Å². The van der Waals surface area contributed by atoms with E-state index in [0.717, 1.165) is 5.56 Å². The Hall–Kier alpha value is -2.53. The fraction of sp³-hybridized carbons (Fsp3) is 0.350. The van der Waals surface area contributed by atoms with E-state index in [0.29, 0.717) is 5.75 Å². The zero-order chi connectivity index (χ0) is 18.0. The molecular formula is C20H23NO4. The van der Waals surface area contributed by atoms with Crippen LogP contribution < -0.4 is 4.74 Å². The minimum atomic E-state index is -0.838. The highest BCUT2D eigenvalue weighted by Gasteiger charge is 2.54. The molecule has 1 N–H and O–H groups in total. The number of nitrogens with zero attached hydrogens (tertiary/aromatic N) is 1. The van der Waals surface area contributed by atoms with Crippen LogP contribution in [-0.4, -0.2) is 34.0 Å². The number of likely N-dealkylation sites (tertiary alicyclic amines) is 1. The molecule has 3 atom stereocenters. The predicted molar refractivity (Wildman–Crippen MR) is 94.1 cm³/mol. The third kappa shape index (κ3) is 3.77. The van der Waals surface area contributed by atoms with Gasteiger partial charge in [-0.1, -0.05) is 48.5 Å². The number of benzene rings is 2. The first-order valence-electron chi connectivity index (χ1n) is 8.33. The van der Waals surface area contributed by atoms with Gasteiger partial charge in [-0.15, -0.1) is 0 Å². The Kier molecular flexibility index (Phi) is 4.68. The molecule has 2 aromatic carbocycles. The van der Waals surface area contributed by atoms with Crippen LogP contribution in [0.1, 0.15) is 32.4 Å². The van der Waals surface area contributed by atoms with Crippen molar-refractivity contribution in [3.8, 4) is 5.75 Å². The summed E-state index contributed by atoms with van der Waals surface area (Å²) < 4.78 is 11.3. The summed E-state index contributed by atoms with van der Waals surface area (Å²) in [5.41, 5.74) is 0.213. The van der Waals surface area contributed by atoms with Gasteiger partial charge in [0.05, 0.1) is 6.04 Å². The van der Waals surface area contributed by atoms with Crippen LogP contribution in [0.15, 0.2) is 60.7 Å². The van der Waals surface area contributed by atoms with E-state index in [1.165, 1.54) is 4.90 Å². The summed E-state index contributed by atoms with van der Waals surface area (Å²) in [7, 11) is 0. The Morgan fingerprint density at radius 1 is 1.00 bits per heavy atom. The minimum Gasteiger partial charge on any atom is -0.467 e. The Morgan fingerprint density at radius 3 is 2.12 bits per heavy atom. The van der Waals surface area contributed by atoms with Crippen molar-refractivity contribution in [2.24, 2.45) is 0 Å². The molecule has 25 heavy (non-hydrogen) atoms. The van der Waals surface area contributed by atoms with Crippen LogP contribution in [0.3, 0.4) is 0 Å². The second-order valence-corrected chi connectivity index (χ2v) is 7.06. The number of rotatable bonds is 3. The zero-order valence-electron chi connectivity index (χ0n) is 14.6. The first-order chi connectivity index (χ1) is 11.9. The van der Waals surface area contributed by atoms with E-state index >= 15 is 0 Å². The van der Waals surface area contributed by atoms with Crippen molar-refractivity contribution in [2.45, 2.75) is 44.7 Å². The van der Waals surface area contributed by atoms with Crippen molar-refractivity contribution >= 4 is 6.09 Å². The van der Waals surface area contributed by atoms with Crippen LogP contribution in [0.25, 0.3) is 0 Å². The first kappa shape index (κ1) is 17.3. The number of carbonyl (C=O) groups excluding carboxylic acids is 1. The highest BCUT2D eigenvalue weighted by atomic mass is 16.6. The van der Waals surface area contributed by atoms with Gasteiger partial charge in [0.1, 0.15) is 17.5 Å². The molecule has 1 aliphatic heterocycles. The second-order valence-electron chi connectivity index (χ2n) is 7.06. The average Bonchev–Trinajstić information content (AvgIpc) is 2.57. The van der Waals surface area contributed by atoms with Gasteiger partial charge in [0.25, 0.3) is 0 Å². The molecule has 5 nitrogen and oxygen atoms in total. The normalized spacial score (nSPS) is 22.9. The van der Waals surface area contributed by atoms with E-state index in [4.69, 9.17) is 9.47 Å². The smallest absolute Gasteiger partial charge is 0.413 e. The van der Waals surface area contributed by atoms with Gasteiger partial charge in [-0.05, 0) is 38.5 Å². The van der Waals surface area contributed by atoms with Gasteiger partial charge in [-0.3, -0.25) is 4.90 Å². The summed E-state index contributed by atoms with van der Waals surface area (Å²) in [6.07, 6.45) is -2.13. The molecule has 3 rings (SSSR count). The van der Waals surface area contributed by atoms with Crippen LogP contribution in [0.4, 0.5) is 4.79 Å². The summed E-state index contributed by atoms with van der Waals surface area (Å²) in [6, 6.07) is 18.0. The highest BCUT2D eigenvalue weighted by Crippen LogP contribution is 2.41. The third-order valence-electron chi connectivity index (χ3n) is 3.93. The van der Waals surface area contributed by atoms with E-state index in [1.54, 1.807) is 12.1 Å². The van der Waals surface area contributed by atoms with Crippen molar-refractivity contribution in [2.75, 3.05) is 0 Å². The topological polar surface area (TPSA) is 59.0 Å². The summed E-state index contributed by atoms with van der Waals surface area (Å²) >= 11 is 0. The first-order valence-corrected chi connectivity index (χ1v) is 8.33. The number of hydrogen-bond acceptors (Lipinski definition) is 4. The van der Waals surface area contributed by atoms with Crippen molar-refractivity contribution in [3.05, 3.63) is 66.2 Å². The minimum absolute atomic E-state index is 0.496. The number of carbonyl (C=O) groups is 1. The monoisotopic (exact) mass is 341 g/mol. The Bertz CT molecular complexity index is 711. The molecule has 132 valence electrons. The lowest BCUT2D eigenvalue weighted by Crippen LogP contribution is -2.67. The number of ether oxygens (including phenoxy) is 2. The van der Waals surface area contributed by atoms with E-state index < -0.39 is 30.1 Å². The molecule has 5 heteroatoms. The molecule has 0 aliphatic carbocycles. The van der Waals surface area contributed by atoms with Crippen LogP contribution >= 0.6 is 0 Å². The summed E-state index contributed by atoms with van der Waals surface area (Å²) in [5.74, 6) is 0.589. The average molecular weight is 341 g/mol. The van der Waals surface area contributed by atoms with Gasteiger partial charge in [0.2, 0.25) is 6.23 Å². The van der Waals surface area contributed by atoms with Crippen molar-refractivity contribution in [1.29, 1.82) is 0 Å². The van der Waals surface area contributed by atoms with Crippen LogP contribution in [-0.2, 0) is 4.74 Å². The van der Waals surface area contributed by atoms with E-state index in [9.17, 15) is 9.90 Å².